The number of carboxylic acid groups (broad SMARTS) is 1. The third-order valence-corrected chi connectivity index (χ3v) is 1.54. The van der Waals surface area contributed by atoms with Gasteiger partial charge in [-0.05, 0) is 6.07 Å². The van der Waals surface area contributed by atoms with Crippen molar-refractivity contribution >= 4 is 11.7 Å². The number of benzene rings is 1. The second kappa shape index (κ2) is 3.54. The number of rotatable bonds is 2. The summed E-state index contributed by atoms with van der Waals surface area (Å²) in [5.41, 5.74) is -0.341. The third-order valence-electron chi connectivity index (χ3n) is 1.54. The van der Waals surface area contributed by atoms with E-state index < -0.39 is 5.97 Å². The zero-order chi connectivity index (χ0) is 9.84. The Kier molecular flexibility index (Phi) is 2.45. The van der Waals surface area contributed by atoms with Crippen LogP contribution >= 0.6 is 0 Å². The highest BCUT2D eigenvalue weighted by Gasteiger charge is 2.18. The standard InChI is InChI=1S/C8H6N2O3/c1-13-6-4-2-3-5(10-9)7(6)8(11)12/h2-4H,1H3. The van der Waals surface area contributed by atoms with E-state index in [0.717, 1.165) is 0 Å². The van der Waals surface area contributed by atoms with Crippen molar-refractivity contribution in [1.82, 2.24) is 0 Å². The molecule has 5 heteroatoms. The summed E-state index contributed by atoms with van der Waals surface area (Å²) in [5.74, 6) is -1.33. The van der Waals surface area contributed by atoms with E-state index in [1.54, 1.807) is 0 Å². The summed E-state index contributed by atoms with van der Waals surface area (Å²) in [6.07, 6.45) is 0. The van der Waals surface area contributed by atoms with E-state index >= 15 is 0 Å². The van der Waals surface area contributed by atoms with Gasteiger partial charge in [-0.3, -0.25) is 0 Å². The van der Waals surface area contributed by atoms with Crippen LogP contribution in [0.3, 0.4) is 0 Å². The predicted octanol–water partition coefficient (Wildman–Crippen LogP) is 0.543. The maximum absolute atomic E-state index is 10.6. The van der Waals surface area contributed by atoms with Crippen molar-refractivity contribution in [3.63, 3.8) is 0 Å². The molecule has 0 fully saturated rings. The Balaban J connectivity index is 3.41. The van der Waals surface area contributed by atoms with E-state index in [-0.39, 0.29) is 17.0 Å². The molecule has 0 heterocycles. The number of ether oxygens (including phenoxy) is 1. The van der Waals surface area contributed by atoms with E-state index in [1.165, 1.54) is 25.3 Å². The fourth-order valence-electron chi connectivity index (χ4n) is 0.978. The zero-order valence-corrected chi connectivity index (χ0v) is 6.85. The van der Waals surface area contributed by atoms with Gasteiger partial charge >= 0.3 is 5.69 Å². The van der Waals surface area contributed by atoms with Crippen LogP contribution in [0.25, 0.3) is 4.98 Å². The number of carbonyl (C=O) groups is 1. The SMILES string of the molecule is COc1cccc([N+]#N)c1C(=O)[O-]. The van der Waals surface area contributed by atoms with Gasteiger partial charge in [0.25, 0.3) is 0 Å². The molecule has 0 spiro atoms. The molecule has 0 atom stereocenters. The summed E-state index contributed by atoms with van der Waals surface area (Å²) in [6, 6.07) is 4.30. The lowest BCUT2D eigenvalue weighted by atomic mass is 10.1. The van der Waals surface area contributed by atoms with Crippen molar-refractivity contribution in [3.8, 4) is 5.75 Å². The molecule has 0 saturated heterocycles. The van der Waals surface area contributed by atoms with Gasteiger partial charge in [0.1, 0.15) is 11.3 Å². The van der Waals surface area contributed by atoms with Crippen LogP contribution in [0.4, 0.5) is 5.69 Å². The number of carbonyl (C=O) groups excluding carboxylic acids is 1. The van der Waals surface area contributed by atoms with Crippen LogP contribution in [-0.4, -0.2) is 13.1 Å². The van der Waals surface area contributed by atoms with Gasteiger partial charge < -0.3 is 14.6 Å². The molecule has 0 amide bonds. The molecule has 0 saturated carbocycles. The number of carboxylic acids is 1. The second-order valence-corrected chi connectivity index (χ2v) is 2.24. The molecule has 1 rings (SSSR count). The Labute approximate surface area is 74.2 Å². The Bertz CT molecular complexity index is 381. The monoisotopic (exact) mass is 178 g/mol. The van der Waals surface area contributed by atoms with Crippen LogP contribution in [0, 0.1) is 5.39 Å². The molecule has 5 nitrogen and oxygen atoms in total. The highest BCUT2D eigenvalue weighted by molar-refractivity contribution is 5.96. The molecule has 0 aliphatic carbocycles. The Hall–Kier alpha value is -2.09. The normalized spacial score (nSPS) is 8.92. The van der Waals surface area contributed by atoms with E-state index in [0.29, 0.717) is 0 Å². The molecule has 0 aliphatic rings. The van der Waals surface area contributed by atoms with Crippen LogP contribution in [-0.2, 0) is 0 Å². The number of hydrogen-bond acceptors (Lipinski definition) is 4. The van der Waals surface area contributed by atoms with Gasteiger partial charge in [-0.2, -0.15) is 0 Å². The minimum absolute atomic E-state index is 0.0839. The second-order valence-electron chi connectivity index (χ2n) is 2.24. The molecular formula is C8H6N2O3. The highest BCUT2D eigenvalue weighted by atomic mass is 16.5. The predicted molar refractivity (Wildman–Crippen MR) is 42.1 cm³/mol. The lowest BCUT2D eigenvalue weighted by Crippen LogP contribution is -2.23. The first-order valence-electron chi connectivity index (χ1n) is 3.44. The van der Waals surface area contributed by atoms with Crippen molar-refractivity contribution in [3.05, 3.63) is 28.7 Å². The minimum Gasteiger partial charge on any atom is -0.544 e. The van der Waals surface area contributed by atoms with Gasteiger partial charge in [-0.1, -0.05) is 6.07 Å². The molecule has 0 unspecified atom stereocenters. The summed E-state index contributed by atoms with van der Waals surface area (Å²) in [6.45, 7) is 0. The van der Waals surface area contributed by atoms with E-state index in [2.05, 4.69) is 4.98 Å². The van der Waals surface area contributed by atoms with Gasteiger partial charge in [0.2, 0.25) is 5.39 Å². The number of hydrogen-bond donors (Lipinski definition) is 0. The number of nitrogens with zero attached hydrogens (tertiary/aromatic N) is 2. The average molecular weight is 178 g/mol. The van der Waals surface area contributed by atoms with Crippen LogP contribution in [0.15, 0.2) is 18.2 Å². The van der Waals surface area contributed by atoms with Gasteiger partial charge in [-0.25, -0.2) is 0 Å². The first-order chi connectivity index (χ1) is 6.20. The maximum atomic E-state index is 10.6. The Morgan fingerprint density at radius 3 is 2.77 bits per heavy atom. The van der Waals surface area contributed by atoms with Crippen LogP contribution in [0.1, 0.15) is 10.4 Å². The van der Waals surface area contributed by atoms with Gasteiger partial charge in [0.15, 0.2) is 4.98 Å². The number of aromatic carboxylic acids is 1. The highest BCUT2D eigenvalue weighted by Crippen LogP contribution is 2.27. The van der Waals surface area contributed by atoms with E-state index in [9.17, 15) is 9.90 Å². The van der Waals surface area contributed by atoms with Gasteiger partial charge in [-0.15, -0.1) is 0 Å². The smallest absolute Gasteiger partial charge is 0.397 e. The quantitative estimate of drug-likeness (QED) is 0.619. The lowest BCUT2D eigenvalue weighted by Gasteiger charge is -2.05. The molecule has 0 N–H and O–H groups in total. The topological polar surface area (TPSA) is 77.5 Å². The van der Waals surface area contributed by atoms with E-state index in [1.807, 2.05) is 0 Å². The lowest BCUT2D eigenvalue weighted by molar-refractivity contribution is -0.255. The molecular weight excluding hydrogens is 172 g/mol. The third kappa shape index (κ3) is 1.56. The fraction of sp³-hybridized carbons (Fsp3) is 0.125. The number of methoxy groups -OCH3 is 1. The fourth-order valence-corrected chi connectivity index (χ4v) is 0.978. The van der Waals surface area contributed by atoms with Crippen molar-refractivity contribution in [1.29, 1.82) is 5.39 Å². The summed E-state index contributed by atoms with van der Waals surface area (Å²) in [4.78, 5) is 13.4. The summed E-state index contributed by atoms with van der Waals surface area (Å²) < 4.78 is 4.76. The van der Waals surface area contributed by atoms with Crippen molar-refractivity contribution in [2.45, 2.75) is 0 Å². The molecule has 66 valence electrons. The minimum atomic E-state index is -1.44. The molecule has 1 aromatic rings. The van der Waals surface area contributed by atoms with Crippen LogP contribution < -0.4 is 9.84 Å². The average Bonchev–Trinajstić information content (AvgIpc) is 2.16. The van der Waals surface area contributed by atoms with Crippen LogP contribution in [0.5, 0.6) is 5.75 Å². The Morgan fingerprint density at radius 1 is 1.62 bits per heavy atom. The molecule has 1 aromatic carbocycles. The molecule has 13 heavy (non-hydrogen) atoms. The van der Waals surface area contributed by atoms with E-state index in [4.69, 9.17) is 10.1 Å². The van der Waals surface area contributed by atoms with Crippen molar-refractivity contribution < 1.29 is 14.6 Å². The molecule has 0 bridgehead atoms. The zero-order valence-electron chi connectivity index (χ0n) is 6.85. The van der Waals surface area contributed by atoms with Gasteiger partial charge in [0, 0.05) is 6.07 Å². The summed E-state index contributed by atoms with van der Waals surface area (Å²) >= 11 is 0. The molecule has 0 radical (unpaired) electrons. The maximum Gasteiger partial charge on any atom is 0.397 e. The molecule has 0 aliphatic heterocycles. The first-order valence-corrected chi connectivity index (χ1v) is 3.44. The Morgan fingerprint density at radius 2 is 2.31 bits per heavy atom. The summed E-state index contributed by atoms with van der Waals surface area (Å²) in [7, 11) is 1.32. The molecule has 0 aromatic heterocycles. The van der Waals surface area contributed by atoms with Crippen LogP contribution in [0.2, 0.25) is 0 Å². The van der Waals surface area contributed by atoms with Gasteiger partial charge in [0.05, 0.1) is 13.1 Å². The largest absolute Gasteiger partial charge is 0.544 e. The van der Waals surface area contributed by atoms with Crippen molar-refractivity contribution in [2.24, 2.45) is 0 Å². The number of diazo groups is 1. The van der Waals surface area contributed by atoms with Crippen molar-refractivity contribution in [2.75, 3.05) is 7.11 Å². The summed E-state index contributed by atoms with van der Waals surface area (Å²) in [5, 5.41) is 19.1. The first kappa shape index (κ1) is 9.00.